The maximum atomic E-state index is 4.44. The highest BCUT2D eigenvalue weighted by Gasteiger charge is 2.26. The molecule has 6 aromatic heterocycles. The molecule has 0 aliphatic heterocycles. The van der Waals surface area contributed by atoms with Gasteiger partial charge in [-0.1, -0.05) is 24.3 Å². The van der Waals surface area contributed by atoms with Gasteiger partial charge in [-0.25, -0.2) is 0 Å². The Hall–Kier alpha value is -5.36. The number of hydrogen-bond donors (Lipinski definition) is 0. The van der Waals surface area contributed by atoms with E-state index >= 15 is 0 Å². The zero-order valence-corrected chi connectivity index (χ0v) is 20.8. The maximum absolute atomic E-state index is 4.44. The second-order valence-electron chi connectivity index (χ2n) is 10.1. The van der Waals surface area contributed by atoms with E-state index in [4.69, 9.17) is 0 Å². The highest BCUT2D eigenvalue weighted by atomic mass is 15.0. The van der Waals surface area contributed by atoms with Crippen molar-refractivity contribution < 1.29 is 0 Å². The number of nitrogens with zero attached hydrogens (tertiary/aromatic N) is 6. The summed E-state index contributed by atoms with van der Waals surface area (Å²) in [6.07, 6.45) is 16.1. The topological polar surface area (TPSA) is 61.4 Å². The number of fused-ring (bicyclic) bond motifs is 9. The summed E-state index contributed by atoms with van der Waals surface area (Å²) < 4.78 is 4.73. The lowest BCUT2D eigenvalue weighted by Gasteiger charge is -2.17. The Balaban J connectivity index is 1.46. The van der Waals surface area contributed by atoms with Gasteiger partial charge in [-0.15, -0.1) is 0 Å². The quantitative estimate of drug-likeness (QED) is 0.256. The molecule has 39 heavy (non-hydrogen) atoms. The van der Waals surface area contributed by atoms with Crippen LogP contribution in [0.2, 0.25) is 0 Å². The molecule has 1 aliphatic carbocycles. The smallest absolute Gasteiger partial charge is 0.0572 e. The average Bonchev–Trinajstić information content (AvgIpc) is 3.65. The fourth-order valence-corrected chi connectivity index (χ4v) is 6.48. The molecule has 0 bridgehead atoms. The molecule has 6 nitrogen and oxygen atoms in total. The Kier molecular flexibility index (Phi) is 4.02. The first-order valence-corrected chi connectivity index (χ1v) is 13.0. The van der Waals surface area contributed by atoms with Gasteiger partial charge in [-0.3, -0.25) is 19.9 Å². The molecule has 8 aromatic rings. The molecular weight excluding hydrogens is 480 g/mol. The van der Waals surface area contributed by atoms with Gasteiger partial charge in [0, 0.05) is 83.2 Å². The fourth-order valence-electron chi connectivity index (χ4n) is 6.48. The van der Waals surface area contributed by atoms with Crippen molar-refractivity contribution in [2.75, 3.05) is 0 Å². The number of rotatable bonds is 2. The van der Waals surface area contributed by atoms with Crippen molar-refractivity contribution in [3.8, 4) is 22.5 Å². The molecular formula is C33H20N6. The van der Waals surface area contributed by atoms with Crippen molar-refractivity contribution in [1.29, 1.82) is 0 Å². The van der Waals surface area contributed by atoms with E-state index in [-0.39, 0.29) is 0 Å². The van der Waals surface area contributed by atoms with Crippen LogP contribution in [-0.2, 0) is 6.42 Å². The Morgan fingerprint density at radius 2 is 1.03 bits per heavy atom. The van der Waals surface area contributed by atoms with Crippen LogP contribution in [0.5, 0.6) is 0 Å². The summed E-state index contributed by atoms with van der Waals surface area (Å²) in [5.74, 6) is 0. The van der Waals surface area contributed by atoms with Crippen molar-refractivity contribution >= 4 is 43.6 Å². The molecule has 6 heterocycles. The Labute approximate surface area is 222 Å². The fraction of sp³-hybridized carbons (Fsp3) is 0.0303. The van der Waals surface area contributed by atoms with Crippen LogP contribution in [-0.4, -0.2) is 29.1 Å². The van der Waals surface area contributed by atoms with E-state index in [0.29, 0.717) is 0 Å². The summed E-state index contributed by atoms with van der Waals surface area (Å²) in [6.45, 7) is 0. The average molecular weight is 501 g/mol. The van der Waals surface area contributed by atoms with Crippen LogP contribution < -0.4 is 0 Å². The first kappa shape index (κ1) is 20.7. The first-order valence-electron chi connectivity index (χ1n) is 13.0. The summed E-state index contributed by atoms with van der Waals surface area (Å²) in [4.78, 5) is 17.7. The summed E-state index contributed by atoms with van der Waals surface area (Å²) in [6, 6.07) is 21.8. The molecule has 0 amide bonds. The maximum Gasteiger partial charge on any atom is 0.0572 e. The molecule has 0 saturated carbocycles. The van der Waals surface area contributed by atoms with E-state index < -0.39 is 0 Å². The summed E-state index contributed by atoms with van der Waals surface area (Å²) >= 11 is 0. The molecule has 182 valence electrons. The van der Waals surface area contributed by atoms with E-state index in [1.165, 1.54) is 27.9 Å². The van der Waals surface area contributed by atoms with Crippen LogP contribution in [0.4, 0.5) is 0 Å². The van der Waals surface area contributed by atoms with Gasteiger partial charge in [0.1, 0.15) is 0 Å². The number of benzene rings is 2. The third kappa shape index (κ3) is 2.75. The summed E-state index contributed by atoms with van der Waals surface area (Å²) in [5, 5.41) is 4.39. The molecule has 0 radical (unpaired) electrons. The van der Waals surface area contributed by atoms with Crippen molar-refractivity contribution in [3.05, 3.63) is 121 Å². The zero-order chi connectivity index (χ0) is 25.5. The SMILES string of the molecule is c1ccc2c(c1)Cc1c-2cc(-n2c3ccncc3c3cnccc32)cc1-n1c2ccncc2c2cnccc21. The molecule has 0 saturated heterocycles. The zero-order valence-electron chi connectivity index (χ0n) is 20.8. The van der Waals surface area contributed by atoms with Gasteiger partial charge < -0.3 is 9.13 Å². The van der Waals surface area contributed by atoms with Gasteiger partial charge in [0.2, 0.25) is 0 Å². The lowest BCUT2D eigenvalue weighted by atomic mass is 10.0. The lowest BCUT2D eigenvalue weighted by Crippen LogP contribution is -2.03. The van der Waals surface area contributed by atoms with Crippen molar-refractivity contribution in [2.45, 2.75) is 6.42 Å². The van der Waals surface area contributed by atoms with Crippen molar-refractivity contribution in [2.24, 2.45) is 0 Å². The molecule has 9 rings (SSSR count). The van der Waals surface area contributed by atoms with Crippen LogP contribution in [0.1, 0.15) is 11.1 Å². The van der Waals surface area contributed by atoms with Crippen LogP contribution >= 0.6 is 0 Å². The van der Waals surface area contributed by atoms with E-state index in [2.05, 4.69) is 89.7 Å². The molecule has 0 N–H and O–H groups in total. The number of pyridine rings is 4. The molecule has 0 atom stereocenters. The molecule has 0 unspecified atom stereocenters. The number of hydrogen-bond acceptors (Lipinski definition) is 4. The monoisotopic (exact) mass is 500 g/mol. The normalized spacial score (nSPS) is 12.5. The Morgan fingerprint density at radius 1 is 0.513 bits per heavy atom. The highest BCUT2D eigenvalue weighted by Crippen LogP contribution is 2.44. The Morgan fingerprint density at radius 3 is 1.59 bits per heavy atom. The number of aromatic nitrogens is 6. The second kappa shape index (κ2) is 7.58. The van der Waals surface area contributed by atoms with Crippen molar-refractivity contribution in [3.63, 3.8) is 0 Å². The van der Waals surface area contributed by atoms with Gasteiger partial charge in [0.05, 0.1) is 27.8 Å². The lowest BCUT2D eigenvalue weighted by molar-refractivity contribution is 1.09. The van der Waals surface area contributed by atoms with Gasteiger partial charge in [0.15, 0.2) is 0 Å². The second-order valence-corrected chi connectivity index (χ2v) is 10.1. The van der Waals surface area contributed by atoms with E-state index in [1.807, 2.05) is 49.6 Å². The third-order valence-corrected chi connectivity index (χ3v) is 8.12. The van der Waals surface area contributed by atoms with E-state index in [9.17, 15) is 0 Å². The molecule has 0 spiro atoms. The summed E-state index contributed by atoms with van der Waals surface area (Å²) in [7, 11) is 0. The van der Waals surface area contributed by atoms with Crippen LogP contribution in [0.25, 0.3) is 66.1 Å². The van der Waals surface area contributed by atoms with Gasteiger partial charge in [0.25, 0.3) is 0 Å². The molecule has 2 aromatic carbocycles. The predicted octanol–water partition coefficient (Wildman–Crippen LogP) is 7.03. The summed E-state index contributed by atoms with van der Waals surface area (Å²) in [5.41, 5.74) is 12.0. The third-order valence-electron chi connectivity index (χ3n) is 8.12. The van der Waals surface area contributed by atoms with E-state index in [1.54, 1.807) is 0 Å². The minimum atomic E-state index is 0.888. The molecule has 1 aliphatic rings. The highest BCUT2D eigenvalue weighted by molar-refractivity contribution is 6.10. The largest absolute Gasteiger partial charge is 0.309 e. The van der Waals surface area contributed by atoms with E-state index in [0.717, 1.165) is 55.7 Å². The van der Waals surface area contributed by atoms with Crippen molar-refractivity contribution in [1.82, 2.24) is 29.1 Å². The molecule has 6 heteroatoms. The Bertz CT molecular complexity index is 2170. The first-order chi connectivity index (χ1) is 19.4. The van der Waals surface area contributed by atoms with Gasteiger partial charge >= 0.3 is 0 Å². The predicted molar refractivity (Wildman–Crippen MR) is 155 cm³/mol. The van der Waals surface area contributed by atoms with Crippen LogP contribution in [0.15, 0.2) is 110 Å². The van der Waals surface area contributed by atoms with Crippen LogP contribution in [0.3, 0.4) is 0 Å². The van der Waals surface area contributed by atoms with Crippen LogP contribution in [0, 0.1) is 0 Å². The minimum absolute atomic E-state index is 0.888. The standard InChI is InChI=1S/C33H20N6/c1-2-4-22-20(3-1)13-24-23(22)14-21(38-29-5-9-34-16-25(29)26-17-35-10-6-30(26)38)15-33(24)39-31-7-11-36-18-27(31)28-19-37-12-8-32(28)39/h1-12,14-19H,13H2. The van der Waals surface area contributed by atoms with Gasteiger partial charge in [-0.2, -0.15) is 0 Å². The minimum Gasteiger partial charge on any atom is -0.309 e. The van der Waals surface area contributed by atoms with Gasteiger partial charge in [-0.05, 0) is 58.7 Å². The molecule has 0 fully saturated rings.